The van der Waals surface area contributed by atoms with Gasteiger partial charge < -0.3 is 10.2 Å². The molecule has 2 heteroatoms. The van der Waals surface area contributed by atoms with Gasteiger partial charge in [-0.25, -0.2) is 0 Å². The molecule has 1 aliphatic rings. The molecule has 1 saturated heterocycles. The van der Waals surface area contributed by atoms with Crippen molar-refractivity contribution in [1.29, 1.82) is 0 Å². The third-order valence-corrected chi connectivity index (χ3v) is 1.49. The van der Waals surface area contributed by atoms with Crippen LogP contribution in [0.5, 0.6) is 0 Å². The van der Waals surface area contributed by atoms with Crippen molar-refractivity contribution in [2.24, 2.45) is 5.92 Å². The lowest BCUT2D eigenvalue weighted by molar-refractivity contribution is 0.253. The van der Waals surface area contributed by atoms with Crippen LogP contribution in [-0.4, -0.2) is 38.6 Å². The Kier molecular flexibility index (Phi) is 3.82. The summed E-state index contributed by atoms with van der Waals surface area (Å²) in [6.45, 7) is 3.68. The van der Waals surface area contributed by atoms with Gasteiger partial charge >= 0.3 is 0 Å². The van der Waals surface area contributed by atoms with Gasteiger partial charge in [-0.1, -0.05) is 7.43 Å². The van der Waals surface area contributed by atoms with Gasteiger partial charge in [0.1, 0.15) is 0 Å². The van der Waals surface area contributed by atoms with Crippen molar-refractivity contribution < 1.29 is 0 Å². The quantitative estimate of drug-likeness (QED) is 0.582. The lowest BCUT2D eigenvalue weighted by atomic mass is 10.0. The number of rotatable bonds is 2. The highest BCUT2D eigenvalue weighted by atomic mass is 15.1. The molecule has 1 fully saturated rings. The molecule has 1 heterocycles. The predicted octanol–water partition coefficient (Wildman–Crippen LogP) is 0.404. The Morgan fingerprint density at radius 1 is 1.44 bits per heavy atom. The van der Waals surface area contributed by atoms with E-state index in [1.165, 1.54) is 19.6 Å². The fraction of sp³-hybridized carbons (Fsp3) is 1.00. The average Bonchev–Trinajstić information content (AvgIpc) is 1.55. The number of nitrogens with one attached hydrogen (secondary N) is 1. The zero-order valence-corrected chi connectivity index (χ0v) is 5.65. The molecule has 0 aliphatic carbocycles. The van der Waals surface area contributed by atoms with Crippen LogP contribution in [0.3, 0.4) is 0 Å². The molecule has 1 N–H and O–H groups in total. The first-order chi connectivity index (χ1) is 3.79. The minimum absolute atomic E-state index is 0. The topological polar surface area (TPSA) is 15.3 Å². The van der Waals surface area contributed by atoms with Crippen LogP contribution >= 0.6 is 0 Å². The van der Waals surface area contributed by atoms with E-state index in [2.05, 4.69) is 24.3 Å². The summed E-state index contributed by atoms with van der Waals surface area (Å²) >= 11 is 0. The van der Waals surface area contributed by atoms with Gasteiger partial charge in [0.05, 0.1) is 0 Å². The lowest BCUT2D eigenvalue weighted by Gasteiger charge is -2.29. The first-order valence-corrected chi connectivity index (χ1v) is 3.14. The standard InChI is InChI=1S/C6H14N2.CH4/c1-8(2)5-6-3-7-4-6;/h6-7H,3-5H2,1-2H3;1H4. The van der Waals surface area contributed by atoms with E-state index >= 15 is 0 Å². The summed E-state index contributed by atoms with van der Waals surface area (Å²) in [5.74, 6) is 0.921. The second kappa shape index (κ2) is 3.85. The highest BCUT2D eigenvalue weighted by Gasteiger charge is 2.16. The van der Waals surface area contributed by atoms with Crippen LogP contribution in [0.1, 0.15) is 7.43 Å². The molecule has 1 aliphatic heterocycles. The fourth-order valence-electron chi connectivity index (χ4n) is 0.994. The van der Waals surface area contributed by atoms with Gasteiger partial charge in [0.25, 0.3) is 0 Å². The molecule has 0 radical (unpaired) electrons. The van der Waals surface area contributed by atoms with E-state index in [0.29, 0.717) is 0 Å². The molecule has 56 valence electrons. The van der Waals surface area contributed by atoms with E-state index in [1.807, 2.05) is 0 Å². The van der Waals surface area contributed by atoms with Gasteiger partial charge in [0.15, 0.2) is 0 Å². The van der Waals surface area contributed by atoms with Crippen LogP contribution in [-0.2, 0) is 0 Å². The van der Waals surface area contributed by atoms with E-state index in [1.54, 1.807) is 0 Å². The molecule has 0 aromatic carbocycles. The van der Waals surface area contributed by atoms with Gasteiger partial charge in [0.2, 0.25) is 0 Å². The summed E-state index contributed by atoms with van der Waals surface area (Å²) in [5.41, 5.74) is 0. The van der Waals surface area contributed by atoms with Crippen molar-refractivity contribution in [1.82, 2.24) is 10.2 Å². The number of hydrogen-bond donors (Lipinski definition) is 1. The molecular weight excluding hydrogens is 112 g/mol. The van der Waals surface area contributed by atoms with Gasteiger partial charge in [-0.15, -0.1) is 0 Å². The molecule has 2 nitrogen and oxygen atoms in total. The Morgan fingerprint density at radius 3 is 2.11 bits per heavy atom. The van der Waals surface area contributed by atoms with Gasteiger partial charge in [-0.2, -0.15) is 0 Å². The van der Waals surface area contributed by atoms with Gasteiger partial charge in [-0.3, -0.25) is 0 Å². The van der Waals surface area contributed by atoms with Crippen molar-refractivity contribution in [2.45, 2.75) is 7.43 Å². The van der Waals surface area contributed by atoms with Crippen molar-refractivity contribution in [3.05, 3.63) is 0 Å². The molecule has 0 spiro atoms. The summed E-state index contributed by atoms with van der Waals surface area (Å²) in [4.78, 5) is 2.24. The molecule has 0 unspecified atom stereocenters. The maximum atomic E-state index is 3.24. The summed E-state index contributed by atoms with van der Waals surface area (Å²) in [7, 11) is 4.25. The Balaban J connectivity index is 0.000000640. The largest absolute Gasteiger partial charge is 0.316 e. The molecule has 0 saturated carbocycles. The summed E-state index contributed by atoms with van der Waals surface area (Å²) < 4.78 is 0. The first kappa shape index (κ1) is 8.92. The lowest BCUT2D eigenvalue weighted by Crippen LogP contribution is -2.46. The van der Waals surface area contributed by atoms with Gasteiger partial charge in [-0.05, 0) is 20.0 Å². The Labute approximate surface area is 58.2 Å². The average molecular weight is 130 g/mol. The molecule has 0 aromatic rings. The molecule has 0 bridgehead atoms. The Bertz CT molecular complexity index is 67.3. The van der Waals surface area contributed by atoms with E-state index in [0.717, 1.165) is 5.92 Å². The van der Waals surface area contributed by atoms with E-state index in [9.17, 15) is 0 Å². The Morgan fingerprint density at radius 2 is 2.00 bits per heavy atom. The van der Waals surface area contributed by atoms with Gasteiger partial charge in [0, 0.05) is 19.6 Å². The maximum Gasteiger partial charge on any atom is 0.00279 e. The third-order valence-electron chi connectivity index (χ3n) is 1.49. The SMILES string of the molecule is C.CN(C)CC1CNC1. The van der Waals surface area contributed by atoms with Crippen LogP contribution in [0, 0.1) is 5.92 Å². The number of nitrogens with zero attached hydrogens (tertiary/aromatic N) is 1. The molecule has 0 amide bonds. The van der Waals surface area contributed by atoms with Crippen LogP contribution in [0.25, 0.3) is 0 Å². The van der Waals surface area contributed by atoms with Crippen molar-refractivity contribution in [2.75, 3.05) is 33.7 Å². The highest BCUT2D eigenvalue weighted by Crippen LogP contribution is 2.02. The zero-order valence-electron chi connectivity index (χ0n) is 5.65. The van der Waals surface area contributed by atoms with Crippen molar-refractivity contribution >= 4 is 0 Å². The molecule has 0 atom stereocenters. The van der Waals surface area contributed by atoms with E-state index in [-0.39, 0.29) is 7.43 Å². The maximum absolute atomic E-state index is 3.24. The van der Waals surface area contributed by atoms with Crippen molar-refractivity contribution in [3.63, 3.8) is 0 Å². The molecule has 0 aromatic heterocycles. The van der Waals surface area contributed by atoms with Crippen LogP contribution in [0.4, 0.5) is 0 Å². The van der Waals surface area contributed by atoms with E-state index in [4.69, 9.17) is 0 Å². The van der Waals surface area contributed by atoms with E-state index < -0.39 is 0 Å². The molecule has 1 rings (SSSR count). The smallest absolute Gasteiger partial charge is 0.00279 e. The van der Waals surface area contributed by atoms with Crippen LogP contribution in [0.15, 0.2) is 0 Å². The second-order valence-electron chi connectivity index (χ2n) is 2.79. The first-order valence-electron chi connectivity index (χ1n) is 3.14. The summed E-state index contributed by atoms with van der Waals surface area (Å²) in [6.07, 6.45) is 0. The normalized spacial score (nSPS) is 19.0. The minimum atomic E-state index is 0. The third kappa shape index (κ3) is 2.82. The minimum Gasteiger partial charge on any atom is -0.316 e. The Hall–Kier alpha value is -0.0800. The predicted molar refractivity (Wildman–Crippen MR) is 41.6 cm³/mol. The summed E-state index contributed by atoms with van der Waals surface area (Å²) in [5, 5.41) is 3.24. The fourth-order valence-corrected chi connectivity index (χ4v) is 0.994. The number of hydrogen-bond acceptors (Lipinski definition) is 2. The monoisotopic (exact) mass is 130 g/mol. The molecule has 9 heavy (non-hydrogen) atoms. The zero-order chi connectivity index (χ0) is 5.98. The summed E-state index contributed by atoms with van der Waals surface area (Å²) in [6, 6.07) is 0. The van der Waals surface area contributed by atoms with Crippen LogP contribution < -0.4 is 5.32 Å². The molecular formula is C7H18N2. The van der Waals surface area contributed by atoms with Crippen molar-refractivity contribution in [3.8, 4) is 0 Å². The highest BCUT2D eigenvalue weighted by molar-refractivity contribution is 4.75. The second-order valence-corrected chi connectivity index (χ2v) is 2.79. The van der Waals surface area contributed by atoms with Crippen LogP contribution in [0.2, 0.25) is 0 Å².